The smallest absolute Gasteiger partial charge is 0.226 e. The molecule has 0 saturated heterocycles. The summed E-state index contributed by atoms with van der Waals surface area (Å²) < 4.78 is 0. The normalized spacial score (nSPS) is 10.3. The first kappa shape index (κ1) is 14.4. The van der Waals surface area contributed by atoms with Gasteiger partial charge in [0.15, 0.2) is 0 Å². The van der Waals surface area contributed by atoms with Crippen LogP contribution in [0.5, 0.6) is 0 Å². The van der Waals surface area contributed by atoms with Crippen LogP contribution in [0.1, 0.15) is 13.8 Å². The summed E-state index contributed by atoms with van der Waals surface area (Å²) in [5, 5.41) is 14.0. The van der Waals surface area contributed by atoms with E-state index in [0.29, 0.717) is 5.13 Å². The van der Waals surface area contributed by atoms with Gasteiger partial charge in [0.05, 0.1) is 0 Å². The lowest BCUT2D eigenvalue weighted by molar-refractivity contribution is 1.08. The van der Waals surface area contributed by atoms with Crippen molar-refractivity contribution in [2.24, 2.45) is 5.10 Å². The lowest BCUT2D eigenvalue weighted by Crippen LogP contribution is -1.91. The number of hydrogen-bond donors (Lipinski definition) is 1. The van der Waals surface area contributed by atoms with Crippen molar-refractivity contribution in [2.75, 3.05) is 5.43 Å². The minimum atomic E-state index is 0.698. The average Bonchev–Trinajstić information content (AvgIpc) is 3.03. The predicted molar refractivity (Wildman–Crippen MR) is 93.2 cm³/mol. The van der Waals surface area contributed by atoms with Crippen molar-refractivity contribution >= 4 is 22.2 Å². The molecule has 0 aliphatic carbocycles. The van der Waals surface area contributed by atoms with Gasteiger partial charge < -0.3 is 0 Å². The van der Waals surface area contributed by atoms with Crippen LogP contribution in [0.25, 0.3) is 21.7 Å². The number of nitrogens with zero attached hydrogens (tertiary/aromatic N) is 3. The Morgan fingerprint density at radius 2 is 1.50 bits per heavy atom. The highest BCUT2D eigenvalue weighted by atomic mass is 32.1. The van der Waals surface area contributed by atoms with Crippen LogP contribution in [0, 0.1) is 0 Å². The molecule has 0 atom stereocenters. The fourth-order valence-electron chi connectivity index (χ4n) is 1.98. The van der Waals surface area contributed by atoms with Gasteiger partial charge in [-0.15, -0.1) is 10.2 Å². The van der Waals surface area contributed by atoms with E-state index in [1.54, 1.807) is 0 Å². The Kier molecular flexibility index (Phi) is 4.25. The van der Waals surface area contributed by atoms with E-state index in [9.17, 15) is 0 Å². The van der Waals surface area contributed by atoms with E-state index in [-0.39, 0.29) is 0 Å². The van der Waals surface area contributed by atoms with Gasteiger partial charge in [0.25, 0.3) is 0 Å². The van der Waals surface area contributed by atoms with Crippen LogP contribution in [0.15, 0.2) is 59.7 Å². The molecule has 0 aliphatic rings. The average molecular weight is 308 g/mol. The molecule has 1 heterocycles. The first-order valence-electron chi connectivity index (χ1n) is 6.98. The fraction of sp³-hybridized carbons (Fsp3) is 0.118. The Bertz CT molecular complexity index is 772. The summed E-state index contributed by atoms with van der Waals surface area (Å²) in [4.78, 5) is 0. The van der Waals surface area contributed by atoms with E-state index in [1.165, 1.54) is 22.5 Å². The maximum absolute atomic E-state index is 4.20. The van der Waals surface area contributed by atoms with Crippen LogP contribution in [0.2, 0.25) is 0 Å². The highest BCUT2D eigenvalue weighted by molar-refractivity contribution is 7.18. The highest BCUT2D eigenvalue weighted by Gasteiger charge is 2.06. The van der Waals surface area contributed by atoms with Crippen molar-refractivity contribution in [3.05, 3.63) is 54.6 Å². The molecule has 0 radical (unpaired) electrons. The van der Waals surface area contributed by atoms with E-state index < -0.39 is 0 Å². The molecule has 0 unspecified atom stereocenters. The number of hydrogen-bond acceptors (Lipinski definition) is 5. The van der Waals surface area contributed by atoms with Gasteiger partial charge >= 0.3 is 0 Å². The maximum atomic E-state index is 4.20. The van der Waals surface area contributed by atoms with Crippen molar-refractivity contribution in [3.8, 4) is 21.7 Å². The van der Waals surface area contributed by atoms with Gasteiger partial charge in [-0.2, -0.15) is 5.10 Å². The lowest BCUT2D eigenvalue weighted by atomic mass is 10.0. The fourth-order valence-corrected chi connectivity index (χ4v) is 2.67. The van der Waals surface area contributed by atoms with E-state index in [4.69, 9.17) is 0 Å². The lowest BCUT2D eigenvalue weighted by Gasteiger charge is -2.02. The van der Waals surface area contributed by atoms with Gasteiger partial charge in [0.1, 0.15) is 5.01 Å². The van der Waals surface area contributed by atoms with Crippen molar-refractivity contribution in [1.29, 1.82) is 0 Å². The molecule has 0 amide bonds. The Morgan fingerprint density at radius 1 is 0.864 bits per heavy atom. The van der Waals surface area contributed by atoms with Gasteiger partial charge in [-0.05, 0) is 25.0 Å². The summed E-state index contributed by atoms with van der Waals surface area (Å²) in [5.74, 6) is 0. The Balaban J connectivity index is 1.80. The second kappa shape index (κ2) is 6.49. The zero-order valence-corrected chi connectivity index (χ0v) is 13.3. The first-order chi connectivity index (χ1) is 10.7. The first-order valence-corrected chi connectivity index (χ1v) is 7.80. The van der Waals surface area contributed by atoms with Crippen LogP contribution < -0.4 is 5.43 Å². The number of nitrogens with one attached hydrogen (secondary N) is 1. The zero-order valence-electron chi connectivity index (χ0n) is 12.4. The van der Waals surface area contributed by atoms with E-state index in [2.05, 4.69) is 57.1 Å². The molecule has 4 nitrogen and oxygen atoms in total. The molecule has 110 valence electrons. The summed E-state index contributed by atoms with van der Waals surface area (Å²) in [7, 11) is 0. The molecule has 3 rings (SSSR count). The third kappa shape index (κ3) is 3.38. The Hall–Kier alpha value is -2.53. The van der Waals surface area contributed by atoms with Crippen LogP contribution in [0.3, 0.4) is 0 Å². The predicted octanol–water partition coefficient (Wildman–Crippen LogP) is 4.68. The van der Waals surface area contributed by atoms with Crippen molar-refractivity contribution in [3.63, 3.8) is 0 Å². The standard InChI is InChI=1S/C17H16N4S/c1-12(2)18-20-17-21-19-16(22-17)15-10-8-14(9-11-15)13-6-4-3-5-7-13/h3-11H,1-2H3,(H,20,21). The number of aromatic nitrogens is 2. The molecule has 22 heavy (non-hydrogen) atoms. The molecule has 5 heteroatoms. The Labute approximate surface area is 133 Å². The van der Waals surface area contributed by atoms with Crippen molar-refractivity contribution in [2.45, 2.75) is 13.8 Å². The number of anilines is 1. The second-order valence-electron chi connectivity index (χ2n) is 5.03. The molecule has 0 bridgehead atoms. The quantitative estimate of drug-likeness (QED) is 0.562. The summed E-state index contributed by atoms with van der Waals surface area (Å²) in [5.41, 5.74) is 7.31. The SMILES string of the molecule is CC(C)=NNc1nnc(-c2ccc(-c3ccccc3)cc2)s1. The van der Waals surface area contributed by atoms with Gasteiger partial charge in [0, 0.05) is 11.3 Å². The number of hydrazone groups is 1. The molecule has 1 N–H and O–H groups in total. The summed E-state index contributed by atoms with van der Waals surface area (Å²) >= 11 is 1.49. The summed E-state index contributed by atoms with van der Waals surface area (Å²) in [6.45, 7) is 3.86. The van der Waals surface area contributed by atoms with Crippen LogP contribution in [0.4, 0.5) is 5.13 Å². The van der Waals surface area contributed by atoms with E-state index in [0.717, 1.165) is 16.3 Å². The van der Waals surface area contributed by atoms with Crippen molar-refractivity contribution in [1.82, 2.24) is 10.2 Å². The molecule has 3 aromatic rings. The van der Waals surface area contributed by atoms with Gasteiger partial charge in [-0.3, -0.25) is 5.43 Å². The number of rotatable bonds is 4. The van der Waals surface area contributed by atoms with Crippen LogP contribution >= 0.6 is 11.3 Å². The number of benzene rings is 2. The third-order valence-electron chi connectivity index (χ3n) is 3.04. The molecule has 1 aromatic heterocycles. The Morgan fingerprint density at radius 3 is 2.18 bits per heavy atom. The molecular weight excluding hydrogens is 292 g/mol. The van der Waals surface area contributed by atoms with E-state index >= 15 is 0 Å². The molecule has 2 aromatic carbocycles. The topological polar surface area (TPSA) is 50.2 Å². The van der Waals surface area contributed by atoms with Gasteiger partial charge in [-0.1, -0.05) is 65.9 Å². The van der Waals surface area contributed by atoms with Gasteiger partial charge in [-0.25, -0.2) is 0 Å². The molecule has 0 saturated carbocycles. The van der Waals surface area contributed by atoms with Crippen molar-refractivity contribution < 1.29 is 0 Å². The third-order valence-corrected chi connectivity index (χ3v) is 3.92. The van der Waals surface area contributed by atoms with Crippen LogP contribution in [-0.4, -0.2) is 15.9 Å². The van der Waals surface area contributed by atoms with E-state index in [1.807, 2.05) is 32.0 Å². The molecule has 0 fully saturated rings. The molecule has 0 aliphatic heterocycles. The summed E-state index contributed by atoms with van der Waals surface area (Å²) in [6, 6.07) is 18.7. The minimum absolute atomic E-state index is 0.698. The minimum Gasteiger partial charge on any atom is -0.251 e. The second-order valence-corrected chi connectivity index (χ2v) is 6.00. The maximum Gasteiger partial charge on any atom is 0.226 e. The summed E-state index contributed by atoms with van der Waals surface area (Å²) in [6.07, 6.45) is 0. The largest absolute Gasteiger partial charge is 0.251 e. The highest BCUT2D eigenvalue weighted by Crippen LogP contribution is 2.28. The zero-order chi connectivity index (χ0) is 15.4. The van der Waals surface area contributed by atoms with Gasteiger partial charge in [0.2, 0.25) is 5.13 Å². The van der Waals surface area contributed by atoms with Crippen LogP contribution in [-0.2, 0) is 0 Å². The molecule has 0 spiro atoms. The molecular formula is C17H16N4S. The monoisotopic (exact) mass is 308 g/mol.